The zero-order chi connectivity index (χ0) is 25.2. The third kappa shape index (κ3) is 4.62. The molecule has 0 aliphatic heterocycles. The van der Waals surface area contributed by atoms with Gasteiger partial charge in [-0.1, -0.05) is 60.7 Å². The number of carbonyl (C=O) groups excluding carboxylic acids is 1. The van der Waals surface area contributed by atoms with Crippen LogP contribution >= 0.6 is 15.9 Å². The second kappa shape index (κ2) is 9.95. The SMILES string of the molecule is Cc1nn(Cc2cccc(NC(=O)c3c(-c4ccccc4)nn(-c4ccccc4)c3C)c2)c(C)c1Br. The lowest BCUT2D eigenvalue weighted by molar-refractivity contribution is 0.102. The minimum atomic E-state index is -0.195. The summed E-state index contributed by atoms with van der Waals surface area (Å²) < 4.78 is 4.81. The number of anilines is 1. The van der Waals surface area contributed by atoms with Crippen molar-refractivity contribution in [2.24, 2.45) is 0 Å². The molecule has 5 aromatic rings. The van der Waals surface area contributed by atoms with Crippen molar-refractivity contribution in [3.05, 3.63) is 118 Å². The Morgan fingerprint density at radius 2 is 1.56 bits per heavy atom. The molecule has 2 heterocycles. The van der Waals surface area contributed by atoms with E-state index in [1.807, 2.05) is 115 Å². The molecule has 0 radical (unpaired) electrons. The van der Waals surface area contributed by atoms with E-state index in [-0.39, 0.29) is 5.91 Å². The lowest BCUT2D eigenvalue weighted by atomic mass is 10.1. The predicted octanol–water partition coefficient (Wildman–Crippen LogP) is 6.72. The normalized spacial score (nSPS) is 11.0. The van der Waals surface area contributed by atoms with Crippen LogP contribution in [0.5, 0.6) is 0 Å². The molecule has 0 unspecified atom stereocenters. The Hall–Kier alpha value is -3.97. The van der Waals surface area contributed by atoms with E-state index in [4.69, 9.17) is 5.10 Å². The van der Waals surface area contributed by atoms with Gasteiger partial charge in [-0.3, -0.25) is 9.48 Å². The van der Waals surface area contributed by atoms with Gasteiger partial charge in [0.15, 0.2) is 0 Å². The lowest BCUT2D eigenvalue weighted by Crippen LogP contribution is -2.14. The first-order chi connectivity index (χ1) is 17.4. The first-order valence-electron chi connectivity index (χ1n) is 11.7. The molecule has 1 N–H and O–H groups in total. The number of rotatable bonds is 6. The van der Waals surface area contributed by atoms with E-state index in [0.717, 1.165) is 44.1 Å². The van der Waals surface area contributed by atoms with Gasteiger partial charge in [0.25, 0.3) is 5.91 Å². The molecule has 0 atom stereocenters. The molecular weight excluding hydrogens is 514 g/mol. The highest BCUT2D eigenvalue weighted by Crippen LogP contribution is 2.28. The van der Waals surface area contributed by atoms with Gasteiger partial charge < -0.3 is 5.32 Å². The average molecular weight is 540 g/mol. The van der Waals surface area contributed by atoms with Gasteiger partial charge in [-0.2, -0.15) is 10.2 Å². The molecule has 0 saturated carbocycles. The fourth-order valence-corrected chi connectivity index (χ4v) is 4.62. The smallest absolute Gasteiger partial charge is 0.259 e. The highest BCUT2D eigenvalue weighted by atomic mass is 79.9. The molecule has 0 fully saturated rings. The summed E-state index contributed by atoms with van der Waals surface area (Å²) >= 11 is 3.59. The molecular formula is C29H26BrN5O. The molecule has 0 aliphatic rings. The number of benzene rings is 3. The summed E-state index contributed by atoms with van der Waals surface area (Å²) in [6, 6.07) is 27.5. The number of aromatic nitrogens is 4. The Balaban J connectivity index is 1.48. The Morgan fingerprint density at radius 1 is 0.861 bits per heavy atom. The minimum absolute atomic E-state index is 0.195. The van der Waals surface area contributed by atoms with Crippen LogP contribution in [-0.4, -0.2) is 25.5 Å². The third-order valence-electron chi connectivity index (χ3n) is 6.20. The number of hydrogen-bond acceptors (Lipinski definition) is 3. The quantitative estimate of drug-likeness (QED) is 0.260. The van der Waals surface area contributed by atoms with Crippen molar-refractivity contribution in [3.63, 3.8) is 0 Å². The molecule has 2 aromatic heterocycles. The summed E-state index contributed by atoms with van der Waals surface area (Å²) in [5.41, 5.74) is 7.58. The van der Waals surface area contributed by atoms with Crippen LogP contribution in [0.25, 0.3) is 16.9 Å². The van der Waals surface area contributed by atoms with Crippen molar-refractivity contribution < 1.29 is 4.79 Å². The van der Waals surface area contributed by atoms with E-state index in [0.29, 0.717) is 17.8 Å². The zero-order valence-corrected chi connectivity index (χ0v) is 22.0. The largest absolute Gasteiger partial charge is 0.322 e. The van der Waals surface area contributed by atoms with Crippen LogP contribution in [0.2, 0.25) is 0 Å². The Labute approximate surface area is 218 Å². The van der Waals surface area contributed by atoms with Gasteiger partial charge >= 0.3 is 0 Å². The molecule has 6 nitrogen and oxygen atoms in total. The maximum atomic E-state index is 13.7. The van der Waals surface area contributed by atoms with Crippen LogP contribution in [-0.2, 0) is 6.54 Å². The molecule has 36 heavy (non-hydrogen) atoms. The number of amides is 1. The molecule has 7 heteroatoms. The van der Waals surface area contributed by atoms with Gasteiger partial charge in [-0.15, -0.1) is 0 Å². The number of nitrogens with zero attached hydrogens (tertiary/aromatic N) is 4. The van der Waals surface area contributed by atoms with Crippen LogP contribution in [0, 0.1) is 20.8 Å². The van der Waals surface area contributed by atoms with E-state index >= 15 is 0 Å². The van der Waals surface area contributed by atoms with Crippen LogP contribution in [0.3, 0.4) is 0 Å². The van der Waals surface area contributed by atoms with Gasteiger partial charge in [0.2, 0.25) is 0 Å². The molecule has 180 valence electrons. The fourth-order valence-electron chi connectivity index (χ4n) is 4.34. The Morgan fingerprint density at radius 3 is 2.22 bits per heavy atom. The molecule has 3 aromatic carbocycles. The second-order valence-electron chi connectivity index (χ2n) is 8.72. The molecule has 5 rings (SSSR count). The standard InChI is InChI=1S/C29H26BrN5O/c1-19-27(30)21(3)34(32-19)18-22-11-10-14-24(17-22)31-29(36)26-20(2)35(25-15-8-5-9-16-25)33-28(26)23-12-6-4-7-13-23/h4-17H,18H2,1-3H3,(H,31,36). The number of para-hydroxylation sites is 1. The first-order valence-corrected chi connectivity index (χ1v) is 12.5. The molecule has 0 bridgehead atoms. The predicted molar refractivity (Wildman–Crippen MR) is 147 cm³/mol. The first kappa shape index (κ1) is 23.8. The maximum absolute atomic E-state index is 13.7. The molecule has 0 aliphatic carbocycles. The summed E-state index contributed by atoms with van der Waals surface area (Å²) in [4.78, 5) is 13.7. The van der Waals surface area contributed by atoms with Crippen molar-refractivity contribution in [1.29, 1.82) is 0 Å². The van der Waals surface area contributed by atoms with Gasteiger partial charge in [0.05, 0.1) is 39.4 Å². The van der Waals surface area contributed by atoms with Crippen LogP contribution in [0.1, 0.15) is 33.0 Å². The van der Waals surface area contributed by atoms with E-state index in [9.17, 15) is 4.79 Å². The van der Waals surface area contributed by atoms with E-state index in [2.05, 4.69) is 26.3 Å². The number of aryl methyl sites for hydroxylation is 1. The van der Waals surface area contributed by atoms with E-state index < -0.39 is 0 Å². The van der Waals surface area contributed by atoms with E-state index in [1.165, 1.54) is 0 Å². The topological polar surface area (TPSA) is 64.7 Å². The number of nitrogens with one attached hydrogen (secondary N) is 1. The number of carbonyl (C=O) groups is 1. The number of halogens is 1. The summed E-state index contributed by atoms with van der Waals surface area (Å²) in [5.74, 6) is -0.195. The lowest BCUT2D eigenvalue weighted by Gasteiger charge is -2.10. The van der Waals surface area contributed by atoms with Crippen LogP contribution < -0.4 is 5.32 Å². The van der Waals surface area contributed by atoms with Crippen molar-refractivity contribution >= 4 is 27.5 Å². The van der Waals surface area contributed by atoms with Crippen molar-refractivity contribution in [2.45, 2.75) is 27.3 Å². The zero-order valence-electron chi connectivity index (χ0n) is 20.4. The molecule has 0 spiro atoms. The fraction of sp³-hybridized carbons (Fsp3) is 0.138. The Bertz CT molecular complexity index is 1540. The Kier molecular flexibility index (Phi) is 6.57. The highest BCUT2D eigenvalue weighted by molar-refractivity contribution is 9.10. The van der Waals surface area contributed by atoms with Gasteiger partial charge in [0.1, 0.15) is 5.69 Å². The summed E-state index contributed by atoms with van der Waals surface area (Å²) in [7, 11) is 0. The van der Waals surface area contributed by atoms with Crippen molar-refractivity contribution in [2.75, 3.05) is 5.32 Å². The van der Waals surface area contributed by atoms with Gasteiger partial charge in [-0.05, 0) is 66.5 Å². The monoisotopic (exact) mass is 539 g/mol. The molecule has 1 amide bonds. The van der Waals surface area contributed by atoms with Gasteiger partial charge in [0, 0.05) is 11.3 Å². The summed E-state index contributed by atoms with van der Waals surface area (Å²) in [6.07, 6.45) is 0. The van der Waals surface area contributed by atoms with Gasteiger partial charge in [-0.25, -0.2) is 4.68 Å². The molecule has 0 saturated heterocycles. The summed E-state index contributed by atoms with van der Waals surface area (Å²) in [5, 5.41) is 12.5. The third-order valence-corrected chi connectivity index (χ3v) is 7.35. The minimum Gasteiger partial charge on any atom is -0.322 e. The second-order valence-corrected chi connectivity index (χ2v) is 9.51. The number of hydrogen-bond donors (Lipinski definition) is 1. The highest BCUT2D eigenvalue weighted by Gasteiger charge is 2.23. The average Bonchev–Trinajstić information content (AvgIpc) is 3.36. The van der Waals surface area contributed by atoms with Crippen molar-refractivity contribution in [3.8, 4) is 16.9 Å². The van der Waals surface area contributed by atoms with Crippen LogP contribution in [0.4, 0.5) is 5.69 Å². The van der Waals surface area contributed by atoms with Crippen molar-refractivity contribution in [1.82, 2.24) is 19.6 Å². The van der Waals surface area contributed by atoms with Crippen LogP contribution in [0.15, 0.2) is 89.4 Å². The van der Waals surface area contributed by atoms with E-state index in [1.54, 1.807) is 0 Å². The maximum Gasteiger partial charge on any atom is 0.259 e. The summed E-state index contributed by atoms with van der Waals surface area (Å²) in [6.45, 7) is 6.56.